The molecule has 0 saturated carbocycles. The lowest BCUT2D eigenvalue weighted by atomic mass is 10.1. The van der Waals surface area contributed by atoms with Crippen LogP contribution in [0.25, 0.3) is 27.7 Å². The SMILES string of the molecule is c1ccc(-c2cn(-c3cccc4ccccc34)cn2)cc1. The Bertz CT molecular complexity index is 886. The maximum absolute atomic E-state index is 4.53. The zero-order valence-corrected chi connectivity index (χ0v) is 11.5. The molecule has 0 aliphatic rings. The Labute approximate surface area is 123 Å². The van der Waals surface area contributed by atoms with Crippen molar-refractivity contribution >= 4 is 10.8 Å². The molecule has 100 valence electrons. The van der Waals surface area contributed by atoms with Crippen LogP contribution in [0.15, 0.2) is 85.3 Å². The van der Waals surface area contributed by atoms with E-state index >= 15 is 0 Å². The van der Waals surface area contributed by atoms with Crippen LogP contribution in [0.1, 0.15) is 0 Å². The van der Waals surface area contributed by atoms with Crippen LogP contribution in [0.4, 0.5) is 0 Å². The number of hydrogen-bond acceptors (Lipinski definition) is 1. The van der Waals surface area contributed by atoms with Gasteiger partial charge in [0.25, 0.3) is 0 Å². The molecule has 4 rings (SSSR count). The van der Waals surface area contributed by atoms with Crippen molar-refractivity contribution < 1.29 is 0 Å². The van der Waals surface area contributed by atoms with Gasteiger partial charge in [-0.25, -0.2) is 4.98 Å². The fourth-order valence-electron chi connectivity index (χ4n) is 2.65. The van der Waals surface area contributed by atoms with Gasteiger partial charge >= 0.3 is 0 Å². The number of benzene rings is 3. The molecule has 3 aromatic carbocycles. The second-order valence-electron chi connectivity index (χ2n) is 5.03. The van der Waals surface area contributed by atoms with E-state index in [4.69, 9.17) is 0 Å². The second kappa shape index (κ2) is 4.91. The van der Waals surface area contributed by atoms with Crippen LogP contribution in [-0.2, 0) is 0 Å². The van der Waals surface area contributed by atoms with Gasteiger partial charge in [0.2, 0.25) is 0 Å². The van der Waals surface area contributed by atoms with Gasteiger partial charge in [0.15, 0.2) is 0 Å². The average molecular weight is 270 g/mol. The monoisotopic (exact) mass is 270 g/mol. The molecule has 0 aliphatic carbocycles. The second-order valence-corrected chi connectivity index (χ2v) is 5.03. The Morgan fingerprint density at radius 2 is 1.48 bits per heavy atom. The molecule has 4 aromatic rings. The third-order valence-electron chi connectivity index (χ3n) is 3.70. The summed E-state index contributed by atoms with van der Waals surface area (Å²) >= 11 is 0. The molecular weight excluding hydrogens is 256 g/mol. The van der Waals surface area contributed by atoms with E-state index in [1.54, 1.807) is 0 Å². The van der Waals surface area contributed by atoms with E-state index in [-0.39, 0.29) is 0 Å². The zero-order valence-electron chi connectivity index (χ0n) is 11.5. The molecule has 0 saturated heterocycles. The molecule has 0 unspecified atom stereocenters. The van der Waals surface area contributed by atoms with Crippen LogP contribution >= 0.6 is 0 Å². The number of hydrogen-bond donors (Lipinski definition) is 0. The molecule has 2 nitrogen and oxygen atoms in total. The molecule has 0 N–H and O–H groups in total. The Kier molecular flexibility index (Phi) is 2.79. The summed E-state index contributed by atoms with van der Waals surface area (Å²) in [5.41, 5.74) is 3.28. The Balaban J connectivity index is 1.85. The van der Waals surface area contributed by atoms with Crippen LogP contribution in [-0.4, -0.2) is 9.55 Å². The summed E-state index contributed by atoms with van der Waals surface area (Å²) in [4.78, 5) is 4.53. The van der Waals surface area contributed by atoms with Gasteiger partial charge in [-0.3, -0.25) is 0 Å². The van der Waals surface area contributed by atoms with E-state index in [2.05, 4.69) is 70.3 Å². The topological polar surface area (TPSA) is 17.8 Å². The summed E-state index contributed by atoms with van der Waals surface area (Å²) in [7, 11) is 0. The van der Waals surface area contributed by atoms with Gasteiger partial charge in [-0.1, -0.05) is 66.7 Å². The normalized spacial score (nSPS) is 10.9. The van der Waals surface area contributed by atoms with Crippen LogP contribution in [0.2, 0.25) is 0 Å². The predicted molar refractivity (Wildman–Crippen MR) is 86.5 cm³/mol. The van der Waals surface area contributed by atoms with Gasteiger partial charge in [-0.2, -0.15) is 0 Å². The van der Waals surface area contributed by atoms with Crippen molar-refractivity contribution in [2.45, 2.75) is 0 Å². The highest BCUT2D eigenvalue weighted by molar-refractivity contribution is 5.90. The van der Waals surface area contributed by atoms with E-state index in [9.17, 15) is 0 Å². The summed E-state index contributed by atoms with van der Waals surface area (Å²) in [6, 6.07) is 25.0. The van der Waals surface area contributed by atoms with Crippen molar-refractivity contribution in [3.63, 3.8) is 0 Å². The number of nitrogens with zero attached hydrogens (tertiary/aromatic N) is 2. The van der Waals surface area contributed by atoms with Crippen molar-refractivity contribution in [1.29, 1.82) is 0 Å². The molecule has 0 amide bonds. The number of fused-ring (bicyclic) bond motifs is 1. The summed E-state index contributed by atoms with van der Waals surface area (Å²) in [5.74, 6) is 0. The summed E-state index contributed by atoms with van der Waals surface area (Å²) in [6.45, 7) is 0. The Morgan fingerprint density at radius 1 is 0.714 bits per heavy atom. The van der Waals surface area contributed by atoms with Crippen LogP contribution in [0.3, 0.4) is 0 Å². The quantitative estimate of drug-likeness (QED) is 0.516. The first kappa shape index (κ1) is 11.9. The highest BCUT2D eigenvalue weighted by Gasteiger charge is 2.05. The van der Waals surface area contributed by atoms with E-state index < -0.39 is 0 Å². The van der Waals surface area contributed by atoms with Crippen molar-refractivity contribution in [3.05, 3.63) is 85.3 Å². The minimum absolute atomic E-state index is 0.989. The van der Waals surface area contributed by atoms with Crippen molar-refractivity contribution in [1.82, 2.24) is 9.55 Å². The van der Waals surface area contributed by atoms with E-state index in [0.29, 0.717) is 0 Å². The van der Waals surface area contributed by atoms with Gasteiger partial charge in [0.1, 0.15) is 0 Å². The zero-order chi connectivity index (χ0) is 14.1. The van der Waals surface area contributed by atoms with Crippen LogP contribution in [0.5, 0.6) is 0 Å². The van der Waals surface area contributed by atoms with Crippen LogP contribution < -0.4 is 0 Å². The molecule has 0 radical (unpaired) electrons. The number of imidazole rings is 1. The van der Waals surface area contributed by atoms with Gasteiger partial charge in [-0.15, -0.1) is 0 Å². The molecule has 2 heteroatoms. The molecule has 0 bridgehead atoms. The van der Waals surface area contributed by atoms with E-state index in [1.807, 2.05) is 24.5 Å². The molecule has 0 spiro atoms. The van der Waals surface area contributed by atoms with Gasteiger partial charge in [0.05, 0.1) is 17.7 Å². The summed E-state index contributed by atoms with van der Waals surface area (Å²) in [5, 5.41) is 2.47. The minimum Gasteiger partial charge on any atom is -0.305 e. The Hall–Kier alpha value is -2.87. The van der Waals surface area contributed by atoms with Crippen LogP contribution in [0, 0.1) is 0 Å². The van der Waals surface area contributed by atoms with Gasteiger partial charge < -0.3 is 4.57 Å². The third kappa shape index (κ3) is 2.11. The molecule has 0 aliphatic heterocycles. The lowest BCUT2D eigenvalue weighted by Gasteiger charge is -2.06. The molecule has 21 heavy (non-hydrogen) atoms. The van der Waals surface area contributed by atoms with Gasteiger partial charge in [-0.05, 0) is 11.5 Å². The summed E-state index contributed by atoms with van der Waals surface area (Å²) in [6.07, 6.45) is 3.96. The Morgan fingerprint density at radius 3 is 2.38 bits per heavy atom. The van der Waals surface area contributed by atoms with E-state index in [0.717, 1.165) is 16.9 Å². The largest absolute Gasteiger partial charge is 0.305 e. The summed E-state index contributed by atoms with van der Waals surface area (Å²) < 4.78 is 2.09. The average Bonchev–Trinajstić information content (AvgIpc) is 3.05. The van der Waals surface area contributed by atoms with Gasteiger partial charge in [0, 0.05) is 17.1 Å². The fourth-order valence-corrected chi connectivity index (χ4v) is 2.65. The first-order valence-corrected chi connectivity index (χ1v) is 6.99. The van der Waals surface area contributed by atoms with Crippen molar-refractivity contribution in [2.24, 2.45) is 0 Å². The maximum atomic E-state index is 4.53. The number of aromatic nitrogens is 2. The predicted octanol–water partition coefficient (Wildman–Crippen LogP) is 4.69. The standard InChI is InChI=1S/C19H14N2/c1-2-8-16(9-3-1)18-13-21(14-20-18)19-12-6-10-15-7-4-5-11-17(15)19/h1-14H. The third-order valence-corrected chi connectivity index (χ3v) is 3.70. The van der Waals surface area contributed by atoms with Crippen molar-refractivity contribution in [3.8, 4) is 16.9 Å². The fraction of sp³-hybridized carbons (Fsp3) is 0. The molecule has 1 heterocycles. The minimum atomic E-state index is 0.989. The maximum Gasteiger partial charge on any atom is 0.0999 e. The van der Waals surface area contributed by atoms with Crippen molar-refractivity contribution in [2.75, 3.05) is 0 Å². The lowest BCUT2D eigenvalue weighted by Crippen LogP contribution is -1.91. The number of rotatable bonds is 2. The lowest BCUT2D eigenvalue weighted by molar-refractivity contribution is 1.07. The molecule has 0 atom stereocenters. The highest BCUT2D eigenvalue weighted by Crippen LogP contribution is 2.24. The molecular formula is C19H14N2. The smallest absolute Gasteiger partial charge is 0.0999 e. The first-order chi connectivity index (χ1) is 10.4. The molecule has 0 fully saturated rings. The first-order valence-electron chi connectivity index (χ1n) is 6.99. The highest BCUT2D eigenvalue weighted by atomic mass is 15.0. The van der Waals surface area contributed by atoms with E-state index in [1.165, 1.54) is 10.8 Å². The molecule has 1 aromatic heterocycles.